The molecular weight excluding hydrogens is 213 g/mol. The fraction of sp³-hybridized carbons (Fsp3) is 0.125. The molecule has 0 atom stereocenters. The van der Waals surface area contributed by atoms with Crippen molar-refractivity contribution in [2.75, 3.05) is 0 Å². The van der Waals surface area contributed by atoms with Crippen molar-refractivity contribution in [3.05, 3.63) is 34.3 Å². The Balaban J connectivity index is 0.00000144. The van der Waals surface area contributed by atoms with Crippen molar-refractivity contribution in [3.63, 3.8) is 0 Å². The van der Waals surface area contributed by atoms with Gasteiger partial charge in [-0.3, -0.25) is 0 Å². The summed E-state index contributed by atoms with van der Waals surface area (Å²) in [5.41, 5.74) is 6.09. The zero-order chi connectivity index (χ0) is 9.14. The third-order valence-electron chi connectivity index (χ3n) is 1.52. The minimum absolute atomic E-state index is 0. The lowest BCUT2D eigenvalue weighted by Gasteiger charge is -2.02. The van der Waals surface area contributed by atoms with Crippen molar-refractivity contribution in [2.24, 2.45) is 5.73 Å². The van der Waals surface area contributed by atoms with Gasteiger partial charge >= 0.3 is 5.97 Å². The Morgan fingerprint density at radius 1 is 1.54 bits per heavy atom. The molecule has 0 saturated heterocycles. The topological polar surface area (TPSA) is 63.3 Å². The van der Waals surface area contributed by atoms with Gasteiger partial charge in [-0.25, -0.2) is 4.79 Å². The number of nitrogens with two attached hydrogens (primary N) is 1. The summed E-state index contributed by atoms with van der Waals surface area (Å²) in [5, 5.41) is 9.11. The van der Waals surface area contributed by atoms with Gasteiger partial charge in [-0.15, -0.1) is 12.4 Å². The first kappa shape index (κ1) is 12.2. The Kier molecular flexibility index (Phi) is 4.77. The second-order valence-electron chi connectivity index (χ2n) is 2.31. The summed E-state index contributed by atoms with van der Waals surface area (Å²) in [7, 11) is 0. The number of carboxylic acid groups (broad SMARTS) is 1. The number of benzene rings is 1. The minimum atomic E-state index is -1.00. The maximum absolute atomic E-state index is 10.6. The maximum Gasteiger partial charge on any atom is 0.336 e. The predicted molar refractivity (Wildman–Crippen MR) is 53.6 cm³/mol. The van der Waals surface area contributed by atoms with E-state index in [9.17, 15) is 4.79 Å². The van der Waals surface area contributed by atoms with Crippen LogP contribution in [-0.2, 0) is 6.54 Å². The number of rotatable bonds is 2. The van der Waals surface area contributed by atoms with E-state index in [2.05, 4.69) is 0 Å². The van der Waals surface area contributed by atoms with Gasteiger partial charge in [-0.1, -0.05) is 17.7 Å². The van der Waals surface area contributed by atoms with E-state index in [4.69, 9.17) is 22.4 Å². The minimum Gasteiger partial charge on any atom is -0.478 e. The SMILES string of the molecule is Cl.NCc1ccc(Cl)cc1C(=O)O. The van der Waals surface area contributed by atoms with Gasteiger partial charge in [0.15, 0.2) is 0 Å². The summed E-state index contributed by atoms with van der Waals surface area (Å²) in [6.45, 7) is 0.207. The smallest absolute Gasteiger partial charge is 0.336 e. The molecule has 0 aliphatic rings. The lowest BCUT2D eigenvalue weighted by atomic mass is 10.1. The standard InChI is InChI=1S/C8H8ClNO2.ClH/c9-6-2-1-5(4-10)7(3-6)8(11)12;/h1-3H,4,10H2,(H,11,12);1H. The van der Waals surface area contributed by atoms with Crippen LogP contribution in [0.1, 0.15) is 15.9 Å². The van der Waals surface area contributed by atoms with E-state index >= 15 is 0 Å². The predicted octanol–water partition coefficient (Wildman–Crippen LogP) is 1.92. The van der Waals surface area contributed by atoms with Crippen LogP contribution in [0.3, 0.4) is 0 Å². The van der Waals surface area contributed by atoms with Crippen LogP contribution < -0.4 is 5.73 Å². The highest BCUT2D eigenvalue weighted by Gasteiger charge is 2.08. The number of carboxylic acids is 1. The van der Waals surface area contributed by atoms with E-state index in [0.29, 0.717) is 10.6 Å². The van der Waals surface area contributed by atoms with Gasteiger partial charge in [0, 0.05) is 11.6 Å². The first-order valence-electron chi connectivity index (χ1n) is 3.37. The van der Waals surface area contributed by atoms with Crippen LogP contribution in [0, 0.1) is 0 Å². The van der Waals surface area contributed by atoms with E-state index in [1.165, 1.54) is 6.07 Å². The molecule has 72 valence electrons. The number of aromatic carboxylic acids is 1. The fourth-order valence-electron chi connectivity index (χ4n) is 0.926. The molecule has 5 heteroatoms. The molecule has 13 heavy (non-hydrogen) atoms. The Morgan fingerprint density at radius 3 is 2.62 bits per heavy atom. The molecule has 1 aromatic carbocycles. The largest absolute Gasteiger partial charge is 0.478 e. The van der Waals surface area contributed by atoms with Crippen LogP contribution in [0.5, 0.6) is 0 Å². The second-order valence-corrected chi connectivity index (χ2v) is 2.75. The van der Waals surface area contributed by atoms with Crippen molar-refractivity contribution < 1.29 is 9.90 Å². The molecule has 3 N–H and O–H groups in total. The maximum atomic E-state index is 10.6. The summed E-state index contributed by atoms with van der Waals surface area (Å²) in [4.78, 5) is 10.6. The van der Waals surface area contributed by atoms with Crippen LogP contribution in [0.4, 0.5) is 0 Å². The number of hydrogen-bond donors (Lipinski definition) is 2. The molecule has 0 aliphatic heterocycles. The molecule has 0 heterocycles. The number of hydrogen-bond acceptors (Lipinski definition) is 2. The average Bonchev–Trinajstić information content (AvgIpc) is 2.04. The van der Waals surface area contributed by atoms with Gasteiger partial charge in [0.05, 0.1) is 5.56 Å². The average molecular weight is 222 g/mol. The Bertz CT molecular complexity index is 315. The molecule has 0 aliphatic carbocycles. The van der Waals surface area contributed by atoms with Gasteiger partial charge in [0.25, 0.3) is 0 Å². The molecular formula is C8H9Cl2NO2. The van der Waals surface area contributed by atoms with E-state index in [0.717, 1.165) is 0 Å². The van der Waals surface area contributed by atoms with Gasteiger partial charge in [0.1, 0.15) is 0 Å². The first-order chi connectivity index (χ1) is 5.65. The lowest BCUT2D eigenvalue weighted by molar-refractivity contribution is 0.0695. The molecule has 1 rings (SSSR count). The van der Waals surface area contributed by atoms with Gasteiger partial charge in [-0.05, 0) is 17.7 Å². The van der Waals surface area contributed by atoms with Crippen LogP contribution >= 0.6 is 24.0 Å². The summed E-state index contributed by atoms with van der Waals surface area (Å²) >= 11 is 5.61. The van der Waals surface area contributed by atoms with Gasteiger partial charge in [-0.2, -0.15) is 0 Å². The number of carbonyl (C=O) groups is 1. The van der Waals surface area contributed by atoms with Crippen molar-refractivity contribution in [3.8, 4) is 0 Å². The highest BCUT2D eigenvalue weighted by molar-refractivity contribution is 6.30. The van der Waals surface area contributed by atoms with E-state index in [1.54, 1.807) is 12.1 Å². The third-order valence-corrected chi connectivity index (χ3v) is 1.76. The van der Waals surface area contributed by atoms with Crippen LogP contribution in [0.2, 0.25) is 5.02 Å². The molecule has 0 aromatic heterocycles. The molecule has 0 saturated carbocycles. The summed E-state index contributed by atoms with van der Waals surface area (Å²) in [6.07, 6.45) is 0. The summed E-state index contributed by atoms with van der Waals surface area (Å²) in [6, 6.07) is 4.63. The van der Waals surface area contributed by atoms with Crippen molar-refractivity contribution in [1.29, 1.82) is 0 Å². The second kappa shape index (κ2) is 5.07. The molecule has 0 bridgehead atoms. The van der Waals surface area contributed by atoms with E-state index in [-0.39, 0.29) is 24.5 Å². The van der Waals surface area contributed by atoms with Crippen LogP contribution in [-0.4, -0.2) is 11.1 Å². The van der Waals surface area contributed by atoms with E-state index in [1.807, 2.05) is 0 Å². The van der Waals surface area contributed by atoms with Crippen molar-refractivity contribution in [1.82, 2.24) is 0 Å². The molecule has 3 nitrogen and oxygen atoms in total. The zero-order valence-corrected chi connectivity index (χ0v) is 8.23. The van der Waals surface area contributed by atoms with E-state index < -0.39 is 5.97 Å². The highest BCUT2D eigenvalue weighted by atomic mass is 35.5. The number of halogens is 2. The van der Waals surface area contributed by atoms with Crippen molar-refractivity contribution >= 4 is 30.0 Å². The molecule has 0 radical (unpaired) electrons. The molecule has 0 spiro atoms. The Labute approximate surface area is 86.9 Å². The summed E-state index contributed by atoms with van der Waals surface area (Å²) < 4.78 is 0. The van der Waals surface area contributed by atoms with Crippen LogP contribution in [0.25, 0.3) is 0 Å². The van der Waals surface area contributed by atoms with Gasteiger partial charge in [0.2, 0.25) is 0 Å². The molecule has 0 fully saturated rings. The Hall–Kier alpha value is -0.770. The summed E-state index contributed by atoms with van der Waals surface area (Å²) in [5.74, 6) is -1.00. The Morgan fingerprint density at radius 2 is 2.15 bits per heavy atom. The zero-order valence-electron chi connectivity index (χ0n) is 6.66. The highest BCUT2D eigenvalue weighted by Crippen LogP contribution is 2.15. The first-order valence-corrected chi connectivity index (χ1v) is 3.74. The van der Waals surface area contributed by atoms with Crippen LogP contribution in [0.15, 0.2) is 18.2 Å². The normalized spacial score (nSPS) is 9.08. The quantitative estimate of drug-likeness (QED) is 0.803. The third kappa shape index (κ3) is 2.88. The molecule has 0 amide bonds. The van der Waals surface area contributed by atoms with Gasteiger partial charge < -0.3 is 10.8 Å². The molecule has 1 aromatic rings. The molecule has 0 unspecified atom stereocenters. The van der Waals surface area contributed by atoms with Crippen molar-refractivity contribution in [2.45, 2.75) is 6.54 Å². The lowest BCUT2D eigenvalue weighted by Crippen LogP contribution is -2.06. The monoisotopic (exact) mass is 221 g/mol. The fourth-order valence-corrected chi connectivity index (χ4v) is 1.10.